The third kappa shape index (κ3) is 4.58. The predicted octanol–water partition coefficient (Wildman–Crippen LogP) is 3.69. The quantitative estimate of drug-likeness (QED) is 0.678. The van der Waals surface area contributed by atoms with Crippen LogP contribution in [0.1, 0.15) is 27.7 Å². The van der Waals surface area contributed by atoms with Crippen LogP contribution in [0.5, 0.6) is 5.75 Å². The molecule has 0 aliphatic rings. The van der Waals surface area contributed by atoms with Crippen LogP contribution in [0.4, 0.5) is 0 Å². The second-order valence-corrected chi connectivity index (χ2v) is 6.91. The molecule has 28 heavy (non-hydrogen) atoms. The second kappa shape index (κ2) is 8.71. The molecule has 1 amide bonds. The number of likely N-dealkylation sites (N-methyl/N-ethyl adjacent to an activating group) is 1. The van der Waals surface area contributed by atoms with Crippen LogP contribution in [0.3, 0.4) is 0 Å². The lowest BCUT2D eigenvalue weighted by Gasteiger charge is -2.25. The lowest BCUT2D eigenvalue weighted by atomic mass is 10.1. The van der Waals surface area contributed by atoms with Gasteiger partial charge in [0.2, 0.25) is 0 Å². The Bertz CT molecular complexity index is 915. The molecule has 6 nitrogen and oxygen atoms in total. The molecule has 0 fully saturated rings. The minimum absolute atomic E-state index is 0.0262. The third-order valence-electron chi connectivity index (χ3n) is 4.66. The van der Waals surface area contributed by atoms with Crippen molar-refractivity contribution >= 4 is 5.91 Å². The van der Waals surface area contributed by atoms with Gasteiger partial charge < -0.3 is 19.5 Å². The average Bonchev–Trinajstić information content (AvgIpc) is 3.19. The summed E-state index contributed by atoms with van der Waals surface area (Å²) in [4.78, 5) is 14.6. The maximum absolute atomic E-state index is 12.5. The summed E-state index contributed by atoms with van der Waals surface area (Å²) in [5.74, 6) is 1.11. The highest BCUT2D eigenvalue weighted by Gasteiger charge is 2.18. The van der Waals surface area contributed by atoms with Gasteiger partial charge in [0.15, 0.2) is 11.5 Å². The van der Waals surface area contributed by atoms with Crippen molar-refractivity contribution in [3.05, 3.63) is 71.4 Å². The number of ether oxygens (including phenoxy) is 1. The summed E-state index contributed by atoms with van der Waals surface area (Å²) < 4.78 is 10.5. The van der Waals surface area contributed by atoms with Gasteiger partial charge in [0, 0.05) is 18.2 Å². The summed E-state index contributed by atoms with van der Waals surface area (Å²) >= 11 is 0. The van der Waals surface area contributed by atoms with E-state index >= 15 is 0 Å². The molecule has 0 unspecified atom stereocenters. The number of nitrogens with one attached hydrogen (secondary N) is 1. The molecule has 1 atom stereocenters. The number of aromatic nitrogens is 1. The molecule has 6 heteroatoms. The number of hydrogen-bond acceptors (Lipinski definition) is 5. The number of nitrogens with zero attached hydrogens (tertiary/aromatic N) is 2. The summed E-state index contributed by atoms with van der Waals surface area (Å²) in [5.41, 5.74) is 3.41. The summed E-state index contributed by atoms with van der Waals surface area (Å²) in [6, 6.07) is 17.4. The Hall–Kier alpha value is -3.12. The molecule has 2 aromatic carbocycles. The van der Waals surface area contributed by atoms with Gasteiger partial charge in [0.25, 0.3) is 5.91 Å². The molecule has 146 valence electrons. The van der Waals surface area contributed by atoms with E-state index in [1.165, 1.54) is 0 Å². The molecule has 0 radical (unpaired) electrons. The summed E-state index contributed by atoms with van der Waals surface area (Å²) in [5, 5.41) is 6.86. The van der Waals surface area contributed by atoms with Gasteiger partial charge in [-0.3, -0.25) is 4.79 Å². The zero-order valence-electron chi connectivity index (χ0n) is 16.6. The van der Waals surface area contributed by atoms with Crippen molar-refractivity contribution in [3.8, 4) is 17.1 Å². The van der Waals surface area contributed by atoms with Crippen molar-refractivity contribution in [2.75, 3.05) is 27.7 Å². The molecule has 0 saturated heterocycles. The minimum Gasteiger partial charge on any atom is -0.497 e. The lowest BCUT2D eigenvalue weighted by Crippen LogP contribution is -2.34. The van der Waals surface area contributed by atoms with E-state index in [1.54, 1.807) is 13.2 Å². The van der Waals surface area contributed by atoms with Crippen molar-refractivity contribution in [1.29, 1.82) is 0 Å². The van der Waals surface area contributed by atoms with E-state index in [0.29, 0.717) is 12.3 Å². The molecule has 1 heterocycles. The van der Waals surface area contributed by atoms with Crippen molar-refractivity contribution in [2.24, 2.45) is 0 Å². The Morgan fingerprint density at radius 3 is 2.43 bits per heavy atom. The molecule has 0 saturated carbocycles. The molecule has 3 aromatic rings. The van der Waals surface area contributed by atoms with Crippen LogP contribution in [-0.2, 0) is 0 Å². The normalized spacial score (nSPS) is 12.0. The predicted molar refractivity (Wildman–Crippen MR) is 108 cm³/mol. The van der Waals surface area contributed by atoms with Crippen LogP contribution in [0, 0.1) is 6.92 Å². The van der Waals surface area contributed by atoms with E-state index in [9.17, 15) is 4.79 Å². The maximum Gasteiger partial charge on any atom is 0.273 e. The molecule has 0 aliphatic carbocycles. The highest BCUT2D eigenvalue weighted by atomic mass is 16.5. The van der Waals surface area contributed by atoms with Gasteiger partial charge in [-0.05, 0) is 38.7 Å². The first kappa shape index (κ1) is 19.6. The van der Waals surface area contributed by atoms with Crippen LogP contribution in [0.15, 0.2) is 59.1 Å². The molecule has 0 aliphatic heterocycles. The Morgan fingerprint density at radius 1 is 1.14 bits per heavy atom. The van der Waals surface area contributed by atoms with E-state index in [4.69, 9.17) is 9.26 Å². The number of benzene rings is 2. The van der Waals surface area contributed by atoms with Crippen LogP contribution >= 0.6 is 0 Å². The van der Waals surface area contributed by atoms with Crippen LogP contribution in [-0.4, -0.2) is 43.7 Å². The Morgan fingerprint density at radius 2 is 1.82 bits per heavy atom. The number of rotatable bonds is 7. The highest BCUT2D eigenvalue weighted by Crippen LogP contribution is 2.22. The van der Waals surface area contributed by atoms with E-state index in [2.05, 4.69) is 15.4 Å². The average molecular weight is 379 g/mol. The first-order chi connectivity index (χ1) is 13.5. The Balaban J connectivity index is 1.67. The number of carbonyl (C=O) groups is 1. The van der Waals surface area contributed by atoms with Gasteiger partial charge in [-0.25, -0.2) is 0 Å². The van der Waals surface area contributed by atoms with Crippen molar-refractivity contribution in [3.63, 3.8) is 0 Å². The highest BCUT2D eigenvalue weighted by molar-refractivity contribution is 5.93. The topological polar surface area (TPSA) is 67.6 Å². The van der Waals surface area contributed by atoms with Gasteiger partial charge in [0.05, 0.1) is 13.2 Å². The number of aryl methyl sites for hydroxylation is 1. The van der Waals surface area contributed by atoms with E-state index in [1.807, 2.05) is 69.6 Å². The standard InChI is InChI=1S/C22H25N3O3/c1-15-5-7-17(8-6-15)21-13-19(24-28-21)22(26)23-14-20(25(2)3)16-9-11-18(27-4)12-10-16/h5-13,20H,14H2,1-4H3,(H,23,26)/t20-/m1/s1. The zero-order chi connectivity index (χ0) is 20.1. The summed E-state index contributed by atoms with van der Waals surface area (Å²) in [6.45, 7) is 2.47. The fraction of sp³-hybridized carbons (Fsp3) is 0.273. The lowest BCUT2D eigenvalue weighted by molar-refractivity contribution is 0.0933. The van der Waals surface area contributed by atoms with E-state index < -0.39 is 0 Å². The molecule has 3 rings (SSSR count). The first-order valence-corrected chi connectivity index (χ1v) is 9.10. The van der Waals surface area contributed by atoms with Crippen molar-refractivity contribution < 1.29 is 14.1 Å². The number of hydrogen-bond donors (Lipinski definition) is 1. The van der Waals surface area contributed by atoms with Gasteiger partial charge in [0.1, 0.15) is 5.75 Å². The summed E-state index contributed by atoms with van der Waals surface area (Å²) in [7, 11) is 5.60. The SMILES string of the molecule is COc1ccc([C@@H](CNC(=O)c2cc(-c3ccc(C)cc3)on2)N(C)C)cc1. The van der Waals surface area contributed by atoms with E-state index in [-0.39, 0.29) is 17.6 Å². The van der Waals surface area contributed by atoms with Crippen molar-refractivity contribution in [1.82, 2.24) is 15.4 Å². The first-order valence-electron chi connectivity index (χ1n) is 9.10. The smallest absolute Gasteiger partial charge is 0.273 e. The van der Waals surface area contributed by atoms with Crippen LogP contribution < -0.4 is 10.1 Å². The zero-order valence-corrected chi connectivity index (χ0v) is 16.6. The fourth-order valence-electron chi connectivity index (χ4n) is 2.94. The van der Waals surface area contributed by atoms with Gasteiger partial charge in [-0.15, -0.1) is 0 Å². The fourth-order valence-corrected chi connectivity index (χ4v) is 2.94. The Kier molecular flexibility index (Phi) is 6.11. The number of amides is 1. The molecule has 0 spiro atoms. The van der Waals surface area contributed by atoms with E-state index in [0.717, 1.165) is 22.4 Å². The van der Waals surface area contributed by atoms with Gasteiger partial charge >= 0.3 is 0 Å². The molecule has 1 aromatic heterocycles. The second-order valence-electron chi connectivity index (χ2n) is 6.91. The largest absolute Gasteiger partial charge is 0.497 e. The maximum atomic E-state index is 12.5. The van der Waals surface area contributed by atoms with Crippen LogP contribution in [0.2, 0.25) is 0 Å². The molecular formula is C22H25N3O3. The Labute approximate surface area is 165 Å². The molecular weight excluding hydrogens is 354 g/mol. The van der Waals surface area contributed by atoms with Gasteiger partial charge in [-0.2, -0.15) is 0 Å². The minimum atomic E-state index is -0.262. The number of carbonyl (C=O) groups excluding carboxylic acids is 1. The monoisotopic (exact) mass is 379 g/mol. The third-order valence-corrected chi connectivity index (χ3v) is 4.66. The number of methoxy groups -OCH3 is 1. The molecule has 0 bridgehead atoms. The van der Waals surface area contributed by atoms with Gasteiger partial charge in [-0.1, -0.05) is 47.1 Å². The molecule has 1 N–H and O–H groups in total. The van der Waals surface area contributed by atoms with Crippen molar-refractivity contribution in [2.45, 2.75) is 13.0 Å². The summed E-state index contributed by atoms with van der Waals surface area (Å²) in [6.07, 6.45) is 0. The van der Waals surface area contributed by atoms with Crippen LogP contribution in [0.25, 0.3) is 11.3 Å².